The van der Waals surface area contributed by atoms with E-state index in [0.717, 1.165) is 12.8 Å². The average molecular weight is 166 g/mol. The van der Waals surface area contributed by atoms with Crippen LogP contribution in [-0.2, 0) is 4.79 Å². The lowest BCUT2D eigenvalue weighted by molar-refractivity contribution is -0.123. The summed E-state index contributed by atoms with van der Waals surface area (Å²) in [5.74, 6) is 0.201. The molecule has 0 saturated heterocycles. The molecule has 0 N–H and O–H groups in total. The van der Waals surface area contributed by atoms with E-state index in [1.807, 2.05) is 19.1 Å². The first-order chi connectivity index (χ1) is 5.56. The lowest BCUT2D eigenvalue weighted by atomic mass is 9.82. The second kappa shape index (κ2) is 4.91. The molecule has 1 unspecified atom stereocenters. The molecule has 12 heavy (non-hydrogen) atoms. The Morgan fingerprint density at radius 3 is 2.50 bits per heavy atom. The van der Waals surface area contributed by atoms with Crippen LogP contribution in [0.5, 0.6) is 0 Å². The van der Waals surface area contributed by atoms with Gasteiger partial charge in [0.25, 0.3) is 0 Å². The first-order valence-corrected chi connectivity index (χ1v) is 4.36. The number of allylic oxidation sites excluding steroid dienone is 3. The van der Waals surface area contributed by atoms with E-state index < -0.39 is 0 Å². The molecule has 0 bridgehead atoms. The lowest BCUT2D eigenvalue weighted by Crippen LogP contribution is -2.21. The summed E-state index contributed by atoms with van der Waals surface area (Å²) >= 11 is 0. The van der Waals surface area contributed by atoms with E-state index in [2.05, 4.69) is 13.5 Å². The van der Waals surface area contributed by atoms with Crippen molar-refractivity contribution in [2.24, 2.45) is 5.41 Å². The molecule has 1 heteroatoms. The maximum atomic E-state index is 11.3. The van der Waals surface area contributed by atoms with E-state index in [0.29, 0.717) is 0 Å². The molecular weight excluding hydrogens is 148 g/mol. The van der Waals surface area contributed by atoms with E-state index in [1.165, 1.54) is 0 Å². The van der Waals surface area contributed by atoms with Crippen molar-refractivity contribution in [1.82, 2.24) is 0 Å². The molecule has 0 fully saturated rings. The van der Waals surface area contributed by atoms with Crippen LogP contribution in [0.15, 0.2) is 24.8 Å². The SMILES string of the molecule is C=CCC(C)(C=CCC)C(C)=O. The zero-order valence-corrected chi connectivity index (χ0v) is 8.26. The minimum Gasteiger partial charge on any atom is -0.299 e. The molecule has 1 nitrogen and oxygen atoms in total. The smallest absolute Gasteiger partial charge is 0.139 e. The highest BCUT2D eigenvalue weighted by Crippen LogP contribution is 2.24. The van der Waals surface area contributed by atoms with Gasteiger partial charge in [-0.05, 0) is 26.7 Å². The largest absolute Gasteiger partial charge is 0.299 e. The third-order valence-electron chi connectivity index (χ3n) is 2.09. The molecule has 0 aromatic rings. The summed E-state index contributed by atoms with van der Waals surface area (Å²) < 4.78 is 0. The van der Waals surface area contributed by atoms with Crippen LogP contribution in [0.25, 0.3) is 0 Å². The molecule has 0 aliphatic carbocycles. The molecule has 0 aliphatic rings. The number of carbonyl (C=O) groups excluding carboxylic acids is 1. The highest BCUT2D eigenvalue weighted by atomic mass is 16.1. The molecule has 0 aromatic carbocycles. The van der Waals surface area contributed by atoms with Crippen molar-refractivity contribution in [3.05, 3.63) is 24.8 Å². The van der Waals surface area contributed by atoms with Gasteiger partial charge in [0.1, 0.15) is 5.78 Å². The summed E-state index contributed by atoms with van der Waals surface area (Å²) in [7, 11) is 0. The number of hydrogen-bond donors (Lipinski definition) is 0. The highest BCUT2D eigenvalue weighted by molar-refractivity contribution is 5.84. The maximum Gasteiger partial charge on any atom is 0.139 e. The molecule has 0 aliphatic heterocycles. The van der Waals surface area contributed by atoms with E-state index in [9.17, 15) is 4.79 Å². The Labute approximate surface area is 75.2 Å². The Morgan fingerprint density at radius 1 is 1.58 bits per heavy atom. The Morgan fingerprint density at radius 2 is 2.17 bits per heavy atom. The predicted octanol–water partition coefficient (Wildman–Crippen LogP) is 3.12. The van der Waals surface area contributed by atoms with Crippen LogP contribution in [0.2, 0.25) is 0 Å². The molecule has 0 saturated carbocycles. The molecule has 1 atom stereocenters. The minimum atomic E-state index is -0.336. The van der Waals surface area contributed by atoms with Crippen molar-refractivity contribution >= 4 is 5.78 Å². The van der Waals surface area contributed by atoms with E-state index in [4.69, 9.17) is 0 Å². The van der Waals surface area contributed by atoms with Gasteiger partial charge in [-0.25, -0.2) is 0 Å². The normalized spacial score (nSPS) is 15.9. The summed E-state index contributed by atoms with van der Waals surface area (Å²) in [6, 6.07) is 0. The summed E-state index contributed by atoms with van der Waals surface area (Å²) in [5.41, 5.74) is -0.336. The van der Waals surface area contributed by atoms with Crippen molar-refractivity contribution < 1.29 is 4.79 Å². The van der Waals surface area contributed by atoms with Gasteiger partial charge in [-0.2, -0.15) is 0 Å². The molecular formula is C11H18O. The zero-order valence-electron chi connectivity index (χ0n) is 8.26. The zero-order chi connectivity index (χ0) is 9.61. The van der Waals surface area contributed by atoms with Crippen LogP contribution in [0, 0.1) is 5.41 Å². The standard InChI is InChI=1S/C11H18O/c1-5-7-9-11(4,8-6-2)10(3)12/h6-7,9H,2,5,8H2,1,3-4H3. The second-order valence-electron chi connectivity index (χ2n) is 3.28. The van der Waals surface area contributed by atoms with Crippen LogP contribution in [0.4, 0.5) is 0 Å². The van der Waals surface area contributed by atoms with Gasteiger partial charge in [0.15, 0.2) is 0 Å². The van der Waals surface area contributed by atoms with Crippen molar-refractivity contribution in [1.29, 1.82) is 0 Å². The van der Waals surface area contributed by atoms with E-state index in [-0.39, 0.29) is 11.2 Å². The minimum absolute atomic E-state index is 0.201. The van der Waals surface area contributed by atoms with Crippen molar-refractivity contribution in [3.63, 3.8) is 0 Å². The van der Waals surface area contributed by atoms with Gasteiger partial charge in [0.2, 0.25) is 0 Å². The van der Waals surface area contributed by atoms with Gasteiger partial charge in [0.05, 0.1) is 0 Å². The third kappa shape index (κ3) is 3.04. The van der Waals surface area contributed by atoms with Crippen molar-refractivity contribution in [2.45, 2.75) is 33.6 Å². The number of ketones is 1. The summed E-state index contributed by atoms with van der Waals surface area (Å²) in [6.45, 7) is 9.29. The topological polar surface area (TPSA) is 17.1 Å². The van der Waals surface area contributed by atoms with Crippen molar-refractivity contribution in [3.8, 4) is 0 Å². The highest BCUT2D eigenvalue weighted by Gasteiger charge is 2.24. The first kappa shape index (κ1) is 11.2. The molecule has 0 aromatic heterocycles. The van der Waals surface area contributed by atoms with Gasteiger partial charge >= 0.3 is 0 Å². The number of rotatable bonds is 5. The van der Waals surface area contributed by atoms with Crippen LogP contribution >= 0.6 is 0 Å². The first-order valence-electron chi connectivity index (χ1n) is 4.36. The van der Waals surface area contributed by atoms with Crippen LogP contribution in [0.3, 0.4) is 0 Å². The fourth-order valence-electron chi connectivity index (χ4n) is 1.01. The average Bonchev–Trinajstić information content (AvgIpc) is 2.01. The molecule has 0 spiro atoms. The second-order valence-corrected chi connectivity index (χ2v) is 3.28. The van der Waals surface area contributed by atoms with Crippen LogP contribution in [-0.4, -0.2) is 5.78 Å². The number of hydrogen-bond acceptors (Lipinski definition) is 1. The summed E-state index contributed by atoms with van der Waals surface area (Å²) in [5, 5.41) is 0. The Kier molecular flexibility index (Phi) is 4.57. The maximum absolute atomic E-state index is 11.3. The lowest BCUT2D eigenvalue weighted by Gasteiger charge is -2.20. The van der Waals surface area contributed by atoms with Crippen LogP contribution < -0.4 is 0 Å². The van der Waals surface area contributed by atoms with Gasteiger partial charge < -0.3 is 0 Å². The molecule has 0 heterocycles. The molecule has 0 rings (SSSR count). The van der Waals surface area contributed by atoms with Gasteiger partial charge in [-0.1, -0.05) is 25.2 Å². The van der Waals surface area contributed by atoms with E-state index >= 15 is 0 Å². The summed E-state index contributed by atoms with van der Waals surface area (Å²) in [4.78, 5) is 11.3. The Hall–Kier alpha value is -0.850. The molecule has 0 amide bonds. The van der Waals surface area contributed by atoms with Crippen molar-refractivity contribution in [2.75, 3.05) is 0 Å². The number of carbonyl (C=O) groups is 1. The van der Waals surface area contributed by atoms with Gasteiger partial charge in [0, 0.05) is 5.41 Å². The van der Waals surface area contributed by atoms with Gasteiger partial charge in [-0.3, -0.25) is 4.79 Å². The van der Waals surface area contributed by atoms with Gasteiger partial charge in [-0.15, -0.1) is 6.58 Å². The molecule has 68 valence electrons. The molecule has 0 radical (unpaired) electrons. The quantitative estimate of drug-likeness (QED) is 0.573. The fraction of sp³-hybridized carbons (Fsp3) is 0.545. The third-order valence-corrected chi connectivity index (χ3v) is 2.09. The fourth-order valence-corrected chi connectivity index (χ4v) is 1.01. The number of Topliss-reactive ketones (excluding diaryl/α,β-unsaturated/α-hetero) is 1. The monoisotopic (exact) mass is 166 g/mol. The predicted molar refractivity (Wildman–Crippen MR) is 53.0 cm³/mol. The van der Waals surface area contributed by atoms with E-state index in [1.54, 1.807) is 13.0 Å². The Balaban J connectivity index is 4.49. The Bertz CT molecular complexity index is 191. The van der Waals surface area contributed by atoms with Crippen LogP contribution in [0.1, 0.15) is 33.6 Å². The summed E-state index contributed by atoms with van der Waals surface area (Å²) in [6.07, 6.45) is 7.50.